The number of guanidine groups is 1. The van der Waals surface area contributed by atoms with Crippen LogP contribution in [-0.4, -0.2) is 35.5 Å². The molecule has 7 nitrogen and oxygen atoms in total. The molecule has 0 radical (unpaired) electrons. The summed E-state index contributed by atoms with van der Waals surface area (Å²) in [7, 11) is 0. The molecule has 7 heteroatoms. The first-order chi connectivity index (χ1) is 14.3. The van der Waals surface area contributed by atoms with Crippen LogP contribution in [0.3, 0.4) is 0 Å². The van der Waals surface area contributed by atoms with Crippen LogP contribution in [0.1, 0.15) is 18.9 Å². The number of para-hydroxylation sites is 1. The predicted octanol–water partition coefficient (Wildman–Crippen LogP) is 3.61. The third-order valence-corrected chi connectivity index (χ3v) is 4.43. The van der Waals surface area contributed by atoms with Crippen LogP contribution < -0.4 is 20.1 Å². The van der Waals surface area contributed by atoms with Crippen LogP contribution in [0.5, 0.6) is 11.5 Å². The molecule has 0 saturated carbocycles. The van der Waals surface area contributed by atoms with Crippen LogP contribution in [0.15, 0.2) is 65.9 Å². The van der Waals surface area contributed by atoms with Crippen LogP contribution in [0.2, 0.25) is 0 Å². The summed E-state index contributed by atoms with van der Waals surface area (Å²) in [6.07, 6.45) is 4.72. The largest absolute Gasteiger partial charge is 0.490 e. The summed E-state index contributed by atoms with van der Waals surface area (Å²) >= 11 is 0. The molecule has 0 saturated heterocycles. The summed E-state index contributed by atoms with van der Waals surface area (Å²) in [5.41, 5.74) is 2.96. The van der Waals surface area contributed by atoms with E-state index in [4.69, 9.17) is 9.47 Å². The summed E-state index contributed by atoms with van der Waals surface area (Å²) in [5, 5.41) is 11.0. The molecular weight excluding hydrogens is 366 g/mol. The molecule has 2 heterocycles. The lowest BCUT2D eigenvalue weighted by Crippen LogP contribution is -2.30. The van der Waals surface area contributed by atoms with E-state index in [2.05, 4.69) is 20.7 Å². The smallest absolute Gasteiger partial charge is 0.196 e. The van der Waals surface area contributed by atoms with Crippen LogP contribution in [0, 0.1) is 0 Å². The van der Waals surface area contributed by atoms with Crippen molar-refractivity contribution in [1.29, 1.82) is 0 Å². The quantitative estimate of drug-likeness (QED) is 0.513. The number of hydrogen-bond donors (Lipinski definition) is 2. The SMILES string of the molecule is CCNC(=NCc1cnn(-c2ccccc2)c1)Nc1ccc2c(c1)OCCCO2. The highest BCUT2D eigenvalue weighted by Crippen LogP contribution is 2.32. The number of fused-ring (bicyclic) bond motifs is 1. The molecule has 3 aromatic rings. The van der Waals surface area contributed by atoms with E-state index in [1.54, 1.807) is 0 Å². The molecule has 2 aromatic carbocycles. The first-order valence-electron chi connectivity index (χ1n) is 9.86. The molecule has 0 amide bonds. The number of nitrogens with one attached hydrogen (secondary N) is 2. The van der Waals surface area contributed by atoms with E-state index in [1.165, 1.54) is 0 Å². The maximum absolute atomic E-state index is 5.77. The van der Waals surface area contributed by atoms with Crippen molar-refractivity contribution in [3.05, 3.63) is 66.5 Å². The molecule has 0 fully saturated rings. The topological polar surface area (TPSA) is 72.7 Å². The standard InChI is InChI=1S/C22H25N5O2/c1-2-23-22(26-18-9-10-20-21(13-18)29-12-6-11-28-20)24-14-17-15-25-27(16-17)19-7-4-3-5-8-19/h3-5,7-10,13,15-16H,2,6,11-12,14H2,1H3,(H2,23,24,26). The Kier molecular flexibility index (Phi) is 5.95. The van der Waals surface area contributed by atoms with Gasteiger partial charge in [0.05, 0.1) is 31.6 Å². The van der Waals surface area contributed by atoms with Crippen molar-refractivity contribution >= 4 is 11.6 Å². The minimum atomic E-state index is 0.521. The Morgan fingerprint density at radius 3 is 2.76 bits per heavy atom. The Morgan fingerprint density at radius 2 is 1.93 bits per heavy atom. The molecule has 29 heavy (non-hydrogen) atoms. The molecule has 2 N–H and O–H groups in total. The Hall–Kier alpha value is -3.48. The predicted molar refractivity (Wildman–Crippen MR) is 114 cm³/mol. The summed E-state index contributed by atoms with van der Waals surface area (Å²) in [6.45, 7) is 4.67. The zero-order chi connectivity index (χ0) is 19.9. The second-order valence-corrected chi connectivity index (χ2v) is 6.66. The van der Waals surface area contributed by atoms with Crippen LogP contribution in [0.4, 0.5) is 5.69 Å². The molecule has 0 aliphatic carbocycles. The van der Waals surface area contributed by atoms with Crippen molar-refractivity contribution in [2.45, 2.75) is 19.9 Å². The number of ether oxygens (including phenoxy) is 2. The van der Waals surface area contributed by atoms with Gasteiger partial charge in [-0.25, -0.2) is 9.67 Å². The van der Waals surface area contributed by atoms with Crippen molar-refractivity contribution in [3.8, 4) is 17.2 Å². The number of nitrogens with zero attached hydrogens (tertiary/aromatic N) is 3. The normalized spacial score (nSPS) is 13.6. The second-order valence-electron chi connectivity index (χ2n) is 6.66. The average molecular weight is 391 g/mol. The third-order valence-electron chi connectivity index (χ3n) is 4.43. The van der Waals surface area contributed by atoms with Gasteiger partial charge < -0.3 is 20.1 Å². The van der Waals surface area contributed by atoms with Gasteiger partial charge >= 0.3 is 0 Å². The Balaban J connectivity index is 1.46. The minimum absolute atomic E-state index is 0.521. The zero-order valence-electron chi connectivity index (χ0n) is 16.5. The fourth-order valence-corrected chi connectivity index (χ4v) is 3.02. The molecule has 4 rings (SSSR count). The highest BCUT2D eigenvalue weighted by atomic mass is 16.5. The fraction of sp³-hybridized carbons (Fsp3) is 0.273. The molecule has 0 atom stereocenters. The molecule has 0 bridgehead atoms. The van der Waals surface area contributed by atoms with Gasteiger partial charge in [-0.15, -0.1) is 0 Å². The van der Waals surface area contributed by atoms with E-state index in [-0.39, 0.29) is 0 Å². The van der Waals surface area contributed by atoms with E-state index in [0.717, 1.165) is 41.4 Å². The molecule has 1 aliphatic heterocycles. The lowest BCUT2D eigenvalue weighted by molar-refractivity contribution is 0.297. The molecule has 1 aromatic heterocycles. The fourth-order valence-electron chi connectivity index (χ4n) is 3.02. The number of benzene rings is 2. The summed E-state index contributed by atoms with van der Waals surface area (Å²) in [5.74, 6) is 2.24. The van der Waals surface area contributed by atoms with Crippen LogP contribution in [0.25, 0.3) is 5.69 Å². The van der Waals surface area contributed by atoms with Gasteiger partial charge in [0.2, 0.25) is 0 Å². The summed E-state index contributed by atoms with van der Waals surface area (Å²) in [6, 6.07) is 15.9. The lowest BCUT2D eigenvalue weighted by Gasteiger charge is -2.13. The lowest BCUT2D eigenvalue weighted by atomic mass is 10.2. The van der Waals surface area contributed by atoms with Gasteiger partial charge in [0.25, 0.3) is 0 Å². The van der Waals surface area contributed by atoms with E-state index in [1.807, 2.05) is 72.5 Å². The number of anilines is 1. The van der Waals surface area contributed by atoms with Crippen molar-refractivity contribution in [1.82, 2.24) is 15.1 Å². The first kappa shape index (κ1) is 18.9. The number of aliphatic imine (C=N–C) groups is 1. The Bertz CT molecular complexity index is 968. The molecule has 0 spiro atoms. The van der Waals surface area contributed by atoms with E-state index >= 15 is 0 Å². The number of rotatable bonds is 5. The van der Waals surface area contributed by atoms with E-state index in [9.17, 15) is 0 Å². The average Bonchev–Trinajstić information content (AvgIpc) is 3.11. The van der Waals surface area contributed by atoms with Gasteiger partial charge in [-0.05, 0) is 31.2 Å². The Morgan fingerprint density at radius 1 is 1.10 bits per heavy atom. The van der Waals surface area contributed by atoms with Gasteiger partial charge in [0, 0.05) is 36.5 Å². The van der Waals surface area contributed by atoms with Crippen molar-refractivity contribution in [2.75, 3.05) is 25.1 Å². The van der Waals surface area contributed by atoms with Crippen molar-refractivity contribution in [2.24, 2.45) is 4.99 Å². The van der Waals surface area contributed by atoms with Gasteiger partial charge in [-0.1, -0.05) is 18.2 Å². The highest BCUT2D eigenvalue weighted by Gasteiger charge is 2.11. The van der Waals surface area contributed by atoms with Crippen molar-refractivity contribution < 1.29 is 9.47 Å². The molecule has 0 unspecified atom stereocenters. The van der Waals surface area contributed by atoms with Gasteiger partial charge in [-0.2, -0.15) is 5.10 Å². The number of aromatic nitrogens is 2. The Labute approximate surface area is 170 Å². The molecule has 150 valence electrons. The highest BCUT2D eigenvalue weighted by molar-refractivity contribution is 5.93. The van der Waals surface area contributed by atoms with Crippen LogP contribution in [-0.2, 0) is 6.54 Å². The monoisotopic (exact) mass is 391 g/mol. The maximum Gasteiger partial charge on any atom is 0.196 e. The van der Waals surface area contributed by atoms with Gasteiger partial charge in [-0.3, -0.25) is 0 Å². The van der Waals surface area contributed by atoms with Gasteiger partial charge in [0.15, 0.2) is 17.5 Å². The molecule has 1 aliphatic rings. The van der Waals surface area contributed by atoms with Gasteiger partial charge in [0.1, 0.15) is 0 Å². The number of hydrogen-bond acceptors (Lipinski definition) is 4. The maximum atomic E-state index is 5.77. The third kappa shape index (κ3) is 4.87. The van der Waals surface area contributed by atoms with E-state index < -0.39 is 0 Å². The summed E-state index contributed by atoms with van der Waals surface area (Å²) in [4.78, 5) is 4.69. The minimum Gasteiger partial charge on any atom is -0.490 e. The first-order valence-corrected chi connectivity index (χ1v) is 9.86. The summed E-state index contributed by atoms with van der Waals surface area (Å²) < 4.78 is 13.3. The van der Waals surface area contributed by atoms with E-state index in [0.29, 0.717) is 25.7 Å². The zero-order valence-corrected chi connectivity index (χ0v) is 16.5. The molecular formula is C22H25N5O2. The van der Waals surface area contributed by atoms with Crippen LogP contribution >= 0.6 is 0 Å². The van der Waals surface area contributed by atoms with Crippen molar-refractivity contribution in [3.63, 3.8) is 0 Å². The second kappa shape index (κ2) is 9.14.